The van der Waals surface area contributed by atoms with Crippen molar-refractivity contribution >= 4 is 0 Å². The monoisotopic (exact) mass is 361 g/mol. The lowest BCUT2D eigenvalue weighted by Crippen LogP contribution is -2.35. The van der Waals surface area contributed by atoms with Crippen LogP contribution in [0.15, 0.2) is 54.7 Å². The summed E-state index contributed by atoms with van der Waals surface area (Å²) in [7, 11) is 0. The Morgan fingerprint density at radius 1 is 1.00 bits per heavy atom. The first kappa shape index (κ1) is 18.0. The summed E-state index contributed by atoms with van der Waals surface area (Å²) in [4.78, 5) is 2.42. The second-order valence-electron chi connectivity index (χ2n) is 7.64. The van der Waals surface area contributed by atoms with Gasteiger partial charge in [-0.2, -0.15) is 5.10 Å². The van der Waals surface area contributed by atoms with Gasteiger partial charge >= 0.3 is 0 Å². The van der Waals surface area contributed by atoms with Gasteiger partial charge in [0.1, 0.15) is 0 Å². The molecule has 0 spiro atoms. The molecule has 1 saturated heterocycles. The van der Waals surface area contributed by atoms with E-state index in [1.807, 2.05) is 6.20 Å². The summed E-state index contributed by atoms with van der Waals surface area (Å²) < 4.78 is 2.06. The van der Waals surface area contributed by atoms with Crippen molar-refractivity contribution in [2.24, 2.45) is 0 Å². The van der Waals surface area contributed by atoms with E-state index in [0.717, 1.165) is 43.9 Å². The number of hydrogen-bond donors (Lipinski definition) is 1. The predicted molar refractivity (Wildman–Crippen MR) is 109 cm³/mol. The zero-order valence-electron chi connectivity index (χ0n) is 16.1. The van der Waals surface area contributed by atoms with Gasteiger partial charge in [-0.15, -0.1) is 0 Å². The van der Waals surface area contributed by atoms with Crippen molar-refractivity contribution in [1.82, 2.24) is 14.7 Å². The Balaban J connectivity index is 1.73. The van der Waals surface area contributed by atoms with Crippen molar-refractivity contribution in [3.8, 4) is 16.9 Å². The maximum atomic E-state index is 9.79. The number of hydrogen-bond acceptors (Lipinski definition) is 3. The van der Waals surface area contributed by atoms with E-state index < -0.39 is 0 Å². The Morgan fingerprint density at radius 2 is 1.74 bits per heavy atom. The molecule has 0 unspecified atom stereocenters. The van der Waals surface area contributed by atoms with Crippen LogP contribution in [0.3, 0.4) is 0 Å². The normalized spacial score (nSPS) is 16.0. The van der Waals surface area contributed by atoms with Gasteiger partial charge in [0, 0.05) is 30.8 Å². The highest BCUT2D eigenvalue weighted by Gasteiger charge is 2.21. The summed E-state index contributed by atoms with van der Waals surface area (Å²) >= 11 is 0. The lowest BCUT2D eigenvalue weighted by Gasteiger charge is -2.29. The van der Waals surface area contributed by atoms with Crippen LogP contribution in [-0.4, -0.2) is 39.0 Å². The van der Waals surface area contributed by atoms with Crippen LogP contribution in [0.5, 0.6) is 0 Å². The second kappa shape index (κ2) is 7.67. The number of nitrogens with zero attached hydrogens (tertiary/aromatic N) is 3. The molecule has 0 aliphatic carbocycles. The molecule has 0 amide bonds. The van der Waals surface area contributed by atoms with E-state index >= 15 is 0 Å². The lowest BCUT2D eigenvalue weighted by molar-refractivity contribution is 0.0793. The van der Waals surface area contributed by atoms with Gasteiger partial charge in [0.15, 0.2) is 0 Å². The van der Waals surface area contributed by atoms with Gasteiger partial charge < -0.3 is 5.11 Å². The van der Waals surface area contributed by atoms with Crippen LogP contribution in [-0.2, 0) is 6.54 Å². The molecule has 1 fully saturated rings. The number of aryl methyl sites for hydroxylation is 2. The van der Waals surface area contributed by atoms with Gasteiger partial charge in [-0.3, -0.25) is 4.90 Å². The van der Waals surface area contributed by atoms with E-state index in [1.54, 1.807) is 0 Å². The summed E-state index contributed by atoms with van der Waals surface area (Å²) in [6.07, 6.45) is 3.56. The third kappa shape index (κ3) is 3.97. The van der Waals surface area contributed by atoms with Crippen LogP contribution >= 0.6 is 0 Å². The maximum absolute atomic E-state index is 9.79. The zero-order chi connectivity index (χ0) is 18.8. The van der Waals surface area contributed by atoms with Crippen molar-refractivity contribution in [3.05, 3.63) is 71.4 Å². The minimum atomic E-state index is -0.146. The standard InChI is InChI=1S/C23H27N3O/c1-17-6-8-19(9-7-17)23-20(16-25-12-10-22(27)11-13-25)15-24-26(23)21-5-3-4-18(2)14-21/h3-9,14-15,22,27H,10-13,16H2,1-2H3. The maximum Gasteiger partial charge on any atom is 0.0786 e. The Hall–Kier alpha value is -2.43. The van der Waals surface area contributed by atoms with Gasteiger partial charge in [-0.1, -0.05) is 42.0 Å². The molecule has 0 bridgehead atoms. The average Bonchev–Trinajstić information content (AvgIpc) is 3.08. The molecule has 1 N–H and O–H groups in total. The van der Waals surface area contributed by atoms with Crippen molar-refractivity contribution < 1.29 is 5.11 Å². The Morgan fingerprint density at radius 3 is 2.44 bits per heavy atom. The highest BCUT2D eigenvalue weighted by atomic mass is 16.3. The summed E-state index contributed by atoms with van der Waals surface area (Å²) in [5, 5.41) is 14.5. The summed E-state index contributed by atoms with van der Waals surface area (Å²) in [5.74, 6) is 0. The minimum absolute atomic E-state index is 0.146. The average molecular weight is 361 g/mol. The number of aliphatic hydroxyl groups is 1. The summed E-state index contributed by atoms with van der Waals surface area (Å²) in [6, 6.07) is 17.2. The quantitative estimate of drug-likeness (QED) is 0.760. The molecule has 0 saturated carbocycles. The van der Waals surface area contributed by atoms with Gasteiger partial charge in [0.2, 0.25) is 0 Å². The van der Waals surface area contributed by atoms with E-state index in [4.69, 9.17) is 5.10 Å². The zero-order valence-corrected chi connectivity index (χ0v) is 16.1. The molecular weight excluding hydrogens is 334 g/mol. The number of aromatic nitrogens is 2. The molecule has 1 aliphatic rings. The minimum Gasteiger partial charge on any atom is -0.393 e. The summed E-state index contributed by atoms with van der Waals surface area (Å²) in [6.45, 7) is 6.95. The molecule has 0 atom stereocenters. The third-order valence-electron chi connectivity index (χ3n) is 5.37. The smallest absolute Gasteiger partial charge is 0.0786 e. The topological polar surface area (TPSA) is 41.3 Å². The van der Waals surface area contributed by atoms with Crippen molar-refractivity contribution in [2.45, 2.75) is 39.3 Å². The number of rotatable bonds is 4. The predicted octanol–water partition coefficient (Wildman–Crippen LogP) is 4.11. The number of piperidine rings is 1. The Kier molecular flexibility index (Phi) is 5.10. The van der Waals surface area contributed by atoms with Gasteiger partial charge in [0.25, 0.3) is 0 Å². The lowest BCUT2D eigenvalue weighted by atomic mass is 10.0. The molecule has 4 heteroatoms. The van der Waals surface area contributed by atoms with Crippen molar-refractivity contribution in [2.75, 3.05) is 13.1 Å². The van der Waals surface area contributed by atoms with E-state index in [2.05, 4.69) is 72.0 Å². The van der Waals surface area contributed by atoms with Gasteiger partial charge in [-0.05, 0) is 44.4 Å². The SMILES string of the molecule is Cc1ccc(-c2c(CN3CCC(O)CC3)cnn2-c2cccc(C)c2)cc1. The fraction of sp³-hybridized carbons (Fsp3) is 0.348. The molecule has 4 nitrogen and oxygen atoms in total. The molecule has 0 radical (unpaired) electrons. The first-order chi connectivity index (χ1) is 13.1. The van der Waals surface area contributed by atoms with Crippen LogP contribution in [0.2, 0.25) is 0 Å². The Bertz CT molecular complexity index is 906. The van der Waals surface area contributed by atoms with E-state index in [0.29, 0.717) is 0 Å². The highest BCUT2D eigenvalue weighted by molar-refractivity contribution is 5.66. The van der Waals surface area contributed by atoms with Crippen LogP contribution in [0, 0.1) is 13.8 Å². The van der Waals surface area contributed by atoms with E-state index in [9.17, 15) is 5.11 Å². The molecular formula is C23H27N3O. The second-order valence-corrected chi connectivity index (χ2v) is 7.64. The third-order valence-corrected chi connectivity index (χ3v) is 5.37. The molecule has 27 heavy (non-hydrogen) atoms. The van der Waals surface area contributed by atoms with Crippen LogP contribution in [0.4, 0.5) is 0 Å². The largest absolute Gasteiger partial charge is 0.393 e. The molecule has 2 aromatic carbocycles. The van der Waals surface area contributed by atoms with Crippen LogP contribution in [0.25, 0.3) is 16.9 Å². The van der Waals surface area contributed by atoms with Crippen molar-refractivity contribution in [1.29, 1.82) is 0 Å². The highest BCUT2D eigenvalue weighted by Crippen LogP contribution is 2.29. The van der Waals surface area contributed by atoms with E-state index in [-0.39, 0.29) is 6.10 Å². The molecule has 2 heterocycles. The first-order valence-corrected chi connectivity index (χ1v) is 9.71. The number of aliphatic hydroxyl groups excluding tert-OH is 1. The molecule has 1 aromatic heterocycles. The molecule has 1 aliphatic heterocycles. The van der Waals surface area contributed by atoms with E-state index in [1.165, 1.54) is 22.3 Å². The fourth-order valence-electron chi connectivity index (χ4n) is 3.79. The van der Waals surface area contributed by atoms with Crippen molar-refractivity contribution in [3.63, 3.8) is 0 Å². The van der Waals surface area contributed by atoms with Gasteiger partial charge in [-0.25, -0.2) is 4.68 Å². The molecule has 3 aromatic rings. The molecule has 140 valence electrons. The molecule has 4 rings (SSSR count). The van der Waals surface area contributed by atoms with Crippen LogP contribution in [0.1, 0.15) is 29.5 Å². The number of likely N-dealkylation sites (tertiary alicyclic amines) is 1. The Labute approximate surface area is 161 Å². The fourth-order valence-corrected chi connectivity index (χ4v) is 3.79. The summed E-state index contributed by atoms with van der Waals surface area (Å²) in [5.41, 5.74) is 7.15. The first-order valence-electron chi connectivity index (χ1n) is 9.71. The van der Waals surface area contributed by atoms with Gasteiger partial charge in [0.05, 0.1) is 23.7 Å². The van der Waals surface area contributed by atoms with Crippen LogP contribution < -0.4 is 0 Å². The number of benzene rings is 2.